The highest BCUT2D eigenvalue weighted by atomic mass is 28.3. The molecular formula is C39H23N3OSi. The van der Waals surface area contributed by atoms with Gasteiger partial charge in [-0.05, 0) is 62.2 Å². The number of furan rings is 1. The Bertz CT molecular complexity index is 2140. The number of fused-ring (bicyclic) bond motifs is 3. The maximum Gasteiger partial charge on any atom is 0.187 e. The molecule has 0 aliphatic heterocycles. The summed E-state index contributed by atoms with van der Waals surface area (Å²) in [6, 6.07) is 49.0. The average Bonchev–Trinajstić information content (AvgIpc) is 3.48. The highest BCUT2D eigenvalue weighted by Crippen LogP contribution is 2.32. The molecule has 204 valence electrons. The van der Waals surface area contributed by atoms with Crippen LogP contribution in [0.2, 0.25) is 0 Å². The molecule has 0 N–H and O–H groups in total. The van der Waals surface area contributed by atoms with Crippen molar-refractivity contribution in [1.29, 1.82) is 5.26 Å². The van der Waals surface area contributed by atoms with Crippen LogP contribution in [0.4, 0.5) is 11.4 Å². The minimum absolute atomic E-state index is 0.580. The van der Waals surface area contributed by atoms with Gasteiger partial charge in [0.1, 0.15) is 11.2 Å². The van der Waals surface area contributed by atoms with E-state index in [2.05, 4.69) is 101 Å². The van der Waals surface area contributed by atoms with E-state index >= 15 is 0 Å². The monoisotopic (exact) mass is 577 g/mol. The maximum atomic E-state index is 9.54. The number of nitriles is 1. The van der Waals surface area contributed by atoms with E-state index in [0.717, 1.165) is 53.8 Å². The molecule has 44 heavy (non-hydrogen) atoms. The molecule has 7 rings (SSSR count). The third-order valence-corrected chi connectivity index (χ3v) is 13.1. The number of rotatable bonds is 5. The van der Waals surface area contributed by atoms with Gasteiger partial charge in [0.05, 0.1) is 24.8 Å². The van der Waals surface area contributed by atoms with Crippen LogP contribution >= 0.6 is 0 Å². The molecule has 0 amide bonds. The summed E-state index contributed by atoms with van der Waals surface area (Å²) in [6.07, 6.45) is 0. The highest BCUT2D eigenvalue weighted by molar-refractivity contribution is 7.19. The van der Waals surface area contributed by atoms with Crippen molar-refractivity contribution in [2.75, 3.05) is 0 Å². The molecule has 0 aliphatic rings. The Morgan fingerprint density at radius 2 is 1.00 bits per heavy atom. The predicted molar refractivity (Wildman–Crippen MR) is 180 cm³/mol. The minimum Gasteiger partial charge on any atom is -0.456 e. The Labute approximate surface area is 256 Å². The summed E-state index contributed by atoms with van der Waals surface area (Å²) >= 11 is 0. The molecule has 4 nitrogen and oxygen atoms in total. The highest BCUT2D eigenvalue weighted by Gasteiger charge is 2.41. The van der Waals surface area contributed by atoms with Gasteiger partial charge in [-0.3, -0.25) is 0 Å². The summed E-state index contributed by atoms with van der Waals surface area (Å²) in [7, 11) is -2.93. The summed E-state index contributed by atoms with van der Waals surface area (Å²) in [6.45, 7) is 15.0. The van der Waals surface area contributed by atoms with E-state index in [1.54, 1.807) is 0 Å². The van der Waals surface area contributed by atoms with Crippen LogP contribution in [-0.2, 0) is 0 Å². The molecule has 7 aromatic rings. The van der Waals surface area contributed by atoms with Crippen LogP contribution in [0, 0.1) is 24.5 Å². The van der Waals surface area contributed by atoms with Crippen molar-refractivity contribution in [2.45, 2.75) is 0 Å². The van der Waals surface area contributed by atoms with E-state index < -0.39 is 8.07 Å². The van der Waals surface area contributed by atoms with Crippen molar-refractivity contribution in [2.24, 2.45) is 0 Å². The molecule has 0 atom stereocenters. The summed E-state index contributed by atoms with van der Waals surface area (Å²) in [4.78, 5) is 7.25. The van der Waals surface area contributed by atoms with Crippen molar-refractivity contribution in [3.63, 3.8) is 0 Å². The zero-order chi connectivity index (χ0) is 30.1. The lowest BCUT2D eigenvalue weighted by Crippen LogP contribution is -2.74. The van der Waals surface area contributed by atoms with Crippen LogP contribution < -0.4 is 20.7 Å². The Kier molecular flexibility index (Phi) is 6.61. The third-order valence-electron chi connectivity index (χ3n) is 8.34. The summed E-state index contributed by atoms with van der Waals surface area (Å²) in [5.41, 5.74) is 5.63. The number of hydrogen-bond donors (Lipinski definition) is 0. The van der Waals surface area contributed by atoms with E-state index in [0.29, 0.717) is 16.9 Å². The molecule has 5 heteroatoms. The Hall–Kier alpha value is -6.19. The summed E-state index contributed by atoms with van der Waals surface area (Å²) < 4.78 is 6.16. The molecule has 0 saturated carbocycles. The number of para-hydroxylation sites is 1. The van der Waals surface area contributed by atoms with Gasteiger partial charge in [0.15, 0.2) is 19.4 Å². The molecule has 0 aliphatic carbocycles. The molecular weight excluding hydrogens is 555 g/mol. The lowest BCUT2D eigenvalue weighted by Gasteiger charge is -2.34. The van der Waals surface area contributed by atoms with Gasteiger partial charge in [-0.25, -0.2) is 9.69 Å². The maximum absolute atomic E-state index is 9.54. The predicted octanol–water partition coefficient (Wildman–Crippen LogP) is 7.60. The summed E-state index contributed by atoms with van der Waals surface area (Å²) in [5, 5.41) is 16.2. The van der Waals surface area contributed by atoms with Crippen LogP contribution in [0.1, 0.15) is 5.56 Å². The molecule has 0 bridgehead atoms. The van der Waals surface area contributed by atoms with Gasteiger partial charge in [-0.1, -0.05) is 109 Å². The Morgan fingerprint density at radius 1 is 0.523 bits per heavy atom. The van der Waals surface area contributed by atoms with Gasteiger partial charge in [0, 0.05) is 10.8 Å². The first-order valence-corrected chi connectivity index (χ1v) is 16.1. The van der Waals surface area contributed by atoms with Crippen LogP contribution in [0.15, 0.2) is 144 Å². The van der Waals surface area contributed by atoms with E-state index in [1.165, 1.54) is 0 Å². The zero-order valence-corrected chi connectivity index (χ0v) is 24.5. The average molecular weight is 578 g/mol. The molecule has 1 heterocycles. The van der Waals surface area contributed by atoms with Crippen molar-refractivity contribution >= 4 is 62.1 Å². The van der Waals surface area contributed by atoms with E-state index in [4.69, 9.17) is 17.6 Å². The topological polar surface area (TPSA) is 45.6 Å². The SMILES string of the molecule is [C-]#[N+]c1ccc([Si](c2ccc(C#N)cc2)(c2ccc([N+]#[C-])cc2)c2ccc(-c3ccc4c(c3)oc3ccccc34)cc2)cc1. The second kappa shape index (κ2) is 10.9. The van der Waals surface area contributed by atoms with Crippen LogP contribution in [-0.4, -0.2) is 8.07 Å². The second-order valence-electron chi connectivity index (χ2n) is 10.6. The zero-order valence-electron chi connectivity index (χ0n) is 23.5. The van der Waals surface area contributed by atoms with E-state index in [-0.39, 0.29) is 0 Å². The lowest BCUT2D eigenvalue weighted by atomic mass is 10.0. The van der Waals surface area contributed by atoms with Gasteiger partial charge < -0.3 is 4.42 Å². The molecule has 0 fully saturated rings. The van der Waals surface area contributed by atoms with Crippen molar-refractivity contribution in [3.05, 3.63) is 168 Å². The fourth-order valence-electron chi connectivity index (χ4n) is 6.18. The normalized spacial score (nSPS) is 11.1. The standard InChI is InChI=1S/C39H23N3OSi/c1-41-30-12-20-34(21-13-30)44(32-16-7-27(26-40)8-17-32,35-22-14-31(42-2)15-23-35)33-18-9-28(10-19-33)29-11-24-37-36-5-3-4-6-38(36)43-39(37)25-29/h3-25H. The summed E-state index contributed by atoms with van der Waals surface area (Å²) in [5.74, 6) is 0. The third kappa shape index (κ3) is 4.35. The Morgan fingerprint density at radius 3 is 1.55 bits per heavy atom. The van der Waals surface area contributed by atoms with Crippen LogP contribution in [0.3, 0.4) is 0 Å². The number of benzene rings is 6. The molecule has 1 aromatic heterocycles. The molecule has 0 unspecified atom stereocenters. The van der Waals surface area contributed by atoms with Gasteiger partial charge in [0.25, 0.3) is 0 Å². The van der Waals surface area contributed by atoms with Gasteiger partial charge in [-0.2, -0.15) is 5.26 Å². The Balaban J connectivity index is 1.43. The molecule has 0 saturated heterocycles. The van der Waals surface area contributed by atoms with E-state index in [1.807, 2.05) is 54.6 Å². The number of nitrogens with zero attached hydrogens (tertiary/aromatic N) is 3. The van der Waals surface area contributed by atoms with Gasteiger partial charge in [-0.15, -0.1) is 0 Å². The van der Waals surface area contributed by atoms with Gasteiger partial charge >= 0.3 is 0 Å². The van der Waals surface area contributed by atoms with Crippen LogP contribution in [0.25, 0.3) is 42.8 Å². The van der Waals surface area contributed by atoms with Crippen molar-refractivity contribution < 1.29 is 4.42 Å². The van der Waals surface area contributed by atoms with Crippen LogP contribution in [0.5, 0.6) is 0 Å². The first-order chi connectivity index (χ1) is 21.6. The fraction of sp³-hybridized carbons (Fsp3) is 0. The minimum atomic E-state index is -2.93. The molecule has 0 spiro atoms. The first kappa shape index (κ1) is 26.7. The largest absolute Gasteiger partial charge is 0.456 e. The number of hydrogen-bond acceptors (Lipinski definition) is 2. The smallest absolute Gasteiger partial charge is 0.187 e. The van der Waals surface area contributed by atoms with Crippen molar-refractivity contribution in [1.82, 2.24) is 0 Å². The fourth-order valence-corrected chi connectivity index (χ4v) is 10.9. The lowest BCUT2D eigenvalue weighted by molar-refractivity contribution is 0.669. The molecule has 0 radical (unpaired) electrons. The molecule has 6 aromatic carbocycles. The van der Waals surface area contributed by atoms with Crippen molar-refractivity contribution in [3.8, 4) is 17.2 Å². The second-order valence-corrected chi connectivity index (χ2v) is 14.5. The van der Waals surface area contributed by atoms with Gasteiger partial charge in [0.2, 0.25) is 0 Å². The quantitative estimate of drug-likeness (QED) is 0.120. The van der Waals surface area contributed by atoms with E-state index in [9.17, 15) is 5.26 Å². The first-order valence-electron chi connectivity index (χ1n) is 14.1.